The van der Waals surface area contributed by atoms with E-state index >= 15 is 0 Å². The van der Waals surface area contributed by atoms with Gasteiger partial charge in [-0.05, 0) is 0 Å². The third kappa shape index (κ3) is 26.3. The van der Waals surface area contributed by atoms with E-state index in [0.29, 0.717) is 0 Å². The van der Waals surface area contributed by atoms with E-state index in [9.17, 15) is 0 Å². The Balaban J connectivity index is 0. The Labute approximate surface area is 107 Å². The molecule has 0 aromatic heterocycles. The Morgan fingerprint density at radius 1 is 0.333 bits per heavy atom. The predicted molar refractivity (Wildman–Crippen MR) is 49.7 cm³/mol. The molecule has 0 heterocycles. The van der Waals surface area contributed by atoms with Gasteiger partial charge in [0.15, 0.2) is 86.8 Å². The smallest absolute Gasteiger partial charge is 0 e. The third-order valence-corrected chi connectivity index (χ3v) is 0. The van der Waals surface area contributed by atoms with Gasteiger partial charge in [0.2, 0.25) is 0 Å². The largest absolute Gasteiger partial charge is 0.187 e. The van der Waals surface area contributed by atoms with Crippen molar-refractivity contribution in [2.75, 3.05) is 0 Å². The van der Waals surface area contributed by atoms with Gasteiger partial charge in [-0.2, -0.15) is 0 Å². The molecule has 0 aromatic rings. The van der Waals surface area contributed by atoms with Gasteiger partial charge >= 0.3 is 0 Å². The Hall–Kier alpha value is 3.38. The van der Waals surface area contributed by atoms with E-state index in [4.69, 9.17) is 0 Å². The molecule has 0 saturated heterocycles. The summed E-state index contributed by atoms with van der Waals surface area (Å²) in [6.07, 6.45) is 0. The van der Waals surface area contributed by atoms with Crippen molar-refractivity contribution in [2.45, 2.75) is 0 Å². The summed E-state index contributed by atoms with van der Waals surface area (Å²) >= 11 is 0. The quantitative estimate of drug-likeness (QED) is 0.340. The maximum atomic E-state index is 0. The first-order chi connectivity index (χ1) is 0. The van der Waals surface area contributed by atoms with Crippen molar-refractivity contribution in [1.29, 1.82) is 0 Å². The molecule has 6 heavy (non-hydrogen) atoms. The fourth-order valence-electron chi connectivity index (χ4n) is 0. The van der Waals surface area contributed by atoms with E-state index in [0.717, 1.165) is 0 Å². The van der Waals surface area contributed by atoms with Gasteiger partial charge in [0.05, 0.1) is 0 Å². The first-order valence-electron chi connectivity index (χ1n) is 0. The summed E-state index contributed by atoms with van der Waals surface area (Å²) in [5, 5.41) is 0. The summed E-state index contributed by atoms with van der Waals surface area (Å²) in [6, 6.07) is 0. The van der Waals surface area contributed by atoms with Gasteiger partial charge in [0.1, 0.15) is 0 Å². The van der Waals surface area contributed by atoms with Crippen molar-refractivity contribution in [1.82, 2.24) is 0 Å². The van der Waals surface area contributed by atoms with E-state index in [2.05, 4.69) is 0 Å². The van der Waals surface area contributed by atoms with Crippen LogP contribution in [0.25, 0.3) is 0 Å². The van der Waals surface area contributed by atoms with Crippen LogP contribution in [-0.2, 0) is 21.7 Å². The van der Waals surface area contributed by atoms with Crippen LogP contribution in [0, 0.1) is 0 Å². The first-order valence-corrected chi connectivity index (χ1v) is 0. The first kappa shape index (κ1) is 57.7. The van der Waals surface area contributed by atoms with Gasteiger partial charge in [-0.1, -0.05) is 0 Å². The minimum Gasteiger partial charge on any atom is 0 e. The average Bonchev–Trinajstić information content (AvgIpc) is 0. The van der Waals surface area contributed by atoms with Crippen molar-refractivity contribution >= 4 is 86.8 Å². The average molecular weight is 198 g/mol. The van der Waals surface area contributed by atoms with Crippen molar-refractivity contribution in [3.05, 3.63) is 0 Å². The van der Waals surface area contributed by atoms with Crippen LogP contribution in [0.15, 0.2) is 0 Å². The molecule has 0 bridgehead atoms. The minimum absolute atomic E-state index is 0. The monoisotopic (exact) mass is 198 g/mol. The molecule has 0 aliphatic carbocycles. The van der Waals surface area contributed by atoms with Crippen LogP contribution in [0.4, 0.5) is 0 Å². The zero-order valence-electron chi connectivity index (χ0n) is 0.500. The summed E-state index contributed by atoms with van der Waals surface area (Å²) in [4.78, 5) is 0. The summed E-state index contributed by atoms with van der Waals surface area (Å²) in [6.45, 7) is 0. The molecule has 0 amide bonds. The molecule has 0 nitrogen and oxygen atoms in total. The van der Waals surface area contributed by atoms with Crippen LogP contribution < -0.4 is 0 Å². The number of hydrogen-bond donors (Lipinski definition) is 0. The van der Waals surface area contributed by atoms with E-state index in [1.54, 1.807) is 0 Å². The van der Waals surface area contributed by atoms with Gasteiger partial charge in [-0.3, -0.25) is 0 Å². The van der Waals surface area contributed by atoms with Crippen molar-refractivity contribution in [3.8, 4) is 0 Å². The summed E-state index contributed by atoms with van der Waals surface area (Å²) in [5.74, 6) is 0. The van der Waals surface area contributed by atoms with Crippen molar-refractivity contribution in [2.24, 2.45) is 0 Å². The van der Waals surface area contributed by atoms with E-state index in [-0.39, 0.29) is 109 Å². The molecule has 0 aromatic carbocycles. The van der Waals surface area contributed by atoms with Crippen molar-refractivity contribution < 1.29 is 21.7 Å². The van der Waals surface area contributed by atoms with Gasteiger partial charge in [-0.15, -0.1) is 0 Å². The number of hydrogen-bond acceptors (Lipinski definition) is 0. The molecule has 0 unspecified atom stereocenters. The molecule has 0 atom stereocenters. The Bertz CT molecular complexity index is 3.90. The van der Waals surface area contributed by atoms with E-state index in [1.807, 2.05) is 0 Å². The topological polar surface area (TPSA) is 0 Å². The maximum absolute atomic E-state index is 0. The molecule has 6 heteroatoms. The third-order valence-electron chi connectivity index (χ3n) is 0. The zero-order valence-corrected chi connectivity index (χ0v) is 2.06. The molecule has 34 valence electrons. The van der Waals surface area contributed by atoms with E-state index < -0.39 is 0 Å². The van der Waals surface area contributed by atoms with Crippen molar-refractivity contribution in [3.63, 3.8) is 0 Å². The Kier molecular flexibility index (Phi) is 384. The molecule has 0 N–H and O–H groups in total. The van der Waals surface area contributed by atoms with Crippen LogP contribution in [0.5, 0.6) is 0 Å². The Morgan fingerprint density at radius 3 is 0.333 bits per heavy atom. The molecule has 0 saturated carbocycles. The SMILES string of the molecule is [AlH3].[AlH3].[AlH3].[AlH3].[AlH3].[Ti]. The van der Waals surface area contributed by atoms with Crippen LogP contribution in [-0.4, -0.2) is 86.8 Å². The fourth-order valence-corrected chi connectivity index (χ4v) is 0. The van der Waals surface area contributed by atoms with Gasteiger partial charge in [0.25, 0.3) is 0 Å². The zero-order chi connectivity index (χ0) is 0. The normalized spacial score (nSPS) is 0. The van der Waals surface area contributed by atoms with Gasteiger partial charge < -0.3 is 0 Å². The second-order valence-electron chi connectivity index (χ2n) is 0. The van der Waals surface area contributed by atoms with Crippen LogP contribution in [0.3, 0.4) is 0 Å². The fraction of sp³-hybridized carbons (Fsp3) is 0. The molecule has 0 radical (unpaired) electrons. The molecular weight excluding hydrogens is 183 g/mol. The Morgan fingerprint density at radius 2 is 0.333 bits per heavy atom. The van der Waals surface area contributed by atoms with E-state index in [1.165, 1.54) is 0 Å². The maximum Gasteiger partial charge on any atom is 0.187 e. The van der Waals surface area contributed by atoms with Gasteiger partial charge in [-0.25, -0.2) is 0 Å². The summed E-state index contributed by atoms with van der Waals surface area (Å²) in [7, 11) is 0. The van der Waals surface area contributed by atoms with Crippen LogP contribution in [0.2, 0.25) is 0 Å². The van der Waals surface area contributed by atoms with Crippen LogP contribution >= 0.6 is 0 Å². The summed E-state index contributed by atoms with van der Waals surface area (Å²) in [5.41, 5.74) is 0. The second kappa shape index (κ2) is 40.0. The molecule has 0 aliphatic heterocycles. The minimum atomic E-state index is 0. The summed E-state index contributed by atoms with van der Waals surface area (Å²) < 4.78 is 0. The number of rotatable bonds is 0. The molecule has 0 aliphatic rings. The molecular formula is H15Al5Ti. The van der Waals surface area contributed by atoms with Crippen LogP contribution in [0.1, 0.15) is 0 Å². The predicted octanol–water partition coefficient (Wildman–Crippen LogP) is -5.92. The standard InChI is InChI=1S/5Al.Ti.15H. The van der Waals surface area contributed by atoms with Gasteiger partial charge in [0, 0.05) is 21.7 Å². The molecule has 0 fully saturated rings. The second-order valence-corrected chi connectivity index (χ2v) is 0. The molecule has 0 spiro atoms. The molecule has 0 rings (SSSR count).